The lowest BCUT2D eigenvalue weighted by Gasteiger charge is -2.34. The number of carbonyl (C=O) groups is 1. The van der Waals surface area contributed by atoms with Crippen molar-refractivity contribution in [3.8, 4) is 5.75 Å². The molecule has 1 unspecified atom stereocenters. The van der Waals surface area contributed by atoms with Crippen LogP contribution in [0.25, 0.3) is 6.08 Å². The summed E-state index contributed by atoms with van der Waals surface area (Å²) in [5, 5.41) is 0. The normalized spacial score (nSPS) is 18.6. The molecule has 1 aliphatic carbocycles. The van der Waals surface area contributed by atoms with Crippen LogP contribution in [0.15, 0.2) is 53.5 Å². The molecule has 9 heteroatoms. The number of hydrogen-bond donors (Lipinski definition) is 0. The van der Waals surface area contributed by atoms with E-state index < -0.39 is 5.79 Å². The molecular formula is C23H30O9. The lowest BCUT2D eigenvalue weighted by atomic mass is 9.94. The maximum atomic E-state index is 13.1. The van der Waals surface area contributed by atoms with Gasteiger partial charge in [-0.3, -0.25) is 4.79 Å². The van der Waals surface area contributed by atoms with Gasteiger partial charge in [0.2, 0.25) is 5.79 Å². The van der Waals surface area contributed by atoms with Crippen molar-refractivity contribution in [1.82, 2.24) is 0 Å². The first-order valence-corrected chi connectivity index (χ1v) is 9.76. The van der Waals surface area contributed by atoms with Crippen LogP contribution in [0.3, 0.4) is 0 Å². The van der Waals surface area contributed by atoms with Crippen LogP contribution >= 0.6 is 0 Å². The largest absolute Gasteiger partial charge is 0.500 e. The zero-order valence-electron chi connectivity index (χ0n) is 19.0. The molecule has 0 amide bonds. The van der Waals surface area contributed by atoms with Crippen molar-refractivity contribution in [1.29, 1.82) is 0 Å². The van der Waals surface area contributed by atoms with E-state index in [0.29, 0.717) is 11.5 Å². The molecule has 0 saturated carbocycles. The van der Waals surface area contributed by atoms with Gasteiger partial charge in [-0.1, -0.05) is 18.2 Å². The summed E-state index contributed by atoms with van der Waals surface area (Å²) in [5.41, 5.74) is 1.03. The quantitative estimate of drug-likeness (QED) is 0.313. The minimum atomic E-state index is -1.22. The minimum Gasteiger partial charge on any atom is -0.500 e. The van der Waals surface area contributed by atoms with Gasteiger partial charge in [0.25, 0.3) is 0 Å². The topological polar surface area (TPSA) is 90.9 Å². The molecule has 9 nitrogen and oxygen atoms in total. The summed E-state index contributed by atoms with van der Waals surface area (Å²) in [6, 6.07) is 7.27. The Bertz CT molecular complexity index is 844. The van der Waals surface area contributed by atoms with Gasteiger partial charge < -0.3 is 37.9 Å². The lowest BCUT2D eigenvalue weighted by Crippen LogP contribution is -2.38. The molecule has 32 heavy (non-hydrogen) atoms. The van der Waals surface area contributed by atoms with Crippen molar-refractivity contribution in [3.63, 3.8) is 0 Å². The fourth-order valence-electron chi connectivity index (χ4n) is 2.97. The third-order valence-electron chi connectivity index (χ3n) is 4.50. The molecule has 0 saturated heterocycles. The number of methoxy groups -OCH3 is 5. The number of allylic oxidation sites excluding steroid dienone is 2. The first-order valence-electron chi connectivity index (χ1n) is 9.76. The van der Waals surface area contributed by atoms with Crippen LogP contribution in [-0.2, 0) is 38.0 Å². The smallest absolute Gasteiger partial charge is 0.201 e. The SMILES string of the molecule is COCOC1=CC(OC)(OCOC)CC(OC)=C1C(=O)C=Cc1cccc(OCOC)c1. The molecule has 1 aliphatic rings. The molecular weight excluding hydrogens is 420 g/mol. The van der Waals surface area contributed by atoms with Crippen LogP contribution in [-0.4, -0.2) is 67.5 Å². The van der Waals surface area contributed by atoms with E-state index in [1.807, 2.05) is 12.1 Å². The third kappa shape index (κ3) is 6.91. The van der Waals surface area contributed by atoms with E-state index in [9.17, 15) is 4.79 Å². The molecule has 0 fully saturated rings. The standard InChI is InChI=1S/C23H30O9/c1-25-14-30-18-8-6-7-17(11-18)9-10-19(24)22-20(28-4)12-23(29-5,32-16-27-3)13-21(22)31-15-26-2/h6-11,13H,12,14-16H2,1-5H3. The summed E-state index contributed by atoms with van der Waals surface area (Å²) >= 11 is 0. The Hall–Kier alpha value is -2.69. The van der Waals surface area contributed by atoms with E-state index in [-0.39, 0.29) is 43.9 Å². The van der Waals surface area contributed by atoms with Gasteiger partial charge in [0.15, 0.2) is 19.4 Å². The van der Waals surface area contributed by atoms with Crippen molar-refractivity contribution in [2.45, 2.75) is 12.2 Å². The van der Waals surface area contributed by atoms with Gasteiger partial charge >= 0.3 is 0 Å². The van der Waals surface area contributed by atoms with Crippen LogP contribution in [0, 0.1) is 0 Å². The van der Waals surface area contributed by atoms with Crippen molar-refractivity contribution in [2.75, 3.05) is 55.9 Å². The molecule has 176 valence electrons. The van der Waals surface area contributed by atoms with E-state index in [4.69, 9.17) is 37.9 Å². The second kappa shape index (κ2) is 13.0. The van der Waals surface area contributed by atoms with Gasteiger partial charge in [0.1, 0.15) is 29.6 Å². The molecule has 0 aliphatic heterocycles. The number of benzene rings is 1. The molecule has 0 radical (unpaired) electrons. The van der Waals surface area contributed by atoms with Crippen LogP contribution in [0.5, 0.6) is 5.75 Å². The molecule has 0 spiro atoms. The van der Waals surface area contributed by atoms with Crippen molar-refractivity contribution >= 4 is 11.9 Å². The first-order chi connectivity index (χ1) is 15.5. The molecule has 0 N–H and O–H groups in total. The summed E-state index contributed by atoms with van der Waals surface area (Å²) in [4.78, 5) is 13.1. The van der Waals surface area contributed by atoms with Crippen LogP contribution in [0.1, 0.15) is 12.0 Å². The predicted octanol–water partition coefficient (Wildman–Crippen LogP) is 3.02. The van der Waals surface area contributed by atoms with E-state index >= 15 is 0 Å². The summed E-state index contributed by atoms with van der Waals surface area (Å²) in [5.74, 6) is -0.336. The number of carbonyl (C=O) groups excluding carboxylic acids is 1. The summed E-state index contributed by atoms with van der Waals surface area (Å²) in [6.07, 6.45) is 4.84. The summed E-state index contributed by atoms with van der Waals surface area (Å²) in [7, 11) is 7.48. The van der Waals surface area contributed by atoms with E-state index in [2.05, 4.69) is 0 Å². The maximum Gasteiger partial charge on any atom is 0.201 e. The van der Waals surface area contributed by atoms with Crippen molar-refractivity contribution < 1.29 is 42.7 Å². The Morgan fingerprint density at radius 2 is 1.72 bits per heavy atom. The van der Waals surface area contributed by atoms with Gasteiger partial charge in [0.05, 0.1) is 13.5 Å². The van der Waals surface area contributed by atoms with E-state index in [0.717, 1.165) is 5.56 Å². The van der Waals surface area contributed by atoms with E-state index in [1.54, 1.807) is 31.4 Å². The molecule has 1 aromatic carbocycles. The lowest BCUT2D eigenvalue weighted by molar-refractivity contribution is -0.233. The maximum absolute atomic E-state index is 13.1. The Kier molecular flexibility index (Phi) is 10.4. The Labute approximate surface area is 188 Å². The molecule has 1 aromatic rings. The Morgan fingerprint density at radius 1 is 1.00 bits per heavy atom. The number of rotatable bonds is 14. The highest BCUT2D eigenvalue weighted by atomic mass is 16.8. The predicted molar refractivity (Wildman–Crippen MR) is 115 cm³/mol. The number of hydrogen-bond acceptors (Lipinski definition) is 9. The number of ether oxygens (including phenoxy) is 8. The molecule has 0 aromatic heterocycles. The Morgan fingerprint density at radius 3 is 2.38 bits per heavy atom. The zero-order valence-corrected chi connectivity index (χ0v) is 19.0. The monoisotopic (exact) mass is 450 g/mol. The van der Waals surface area contributed by atoms with Crippen molar-refractivity contribution in [3.05, 3.63) is 59.1 Å². The molecule has 1 atom stereocenters. The highest BCUT2D eigenvalue weighted by Crippen LogP contribution is 2.36. The van der Waals surface area contributed by atoms with Crippen LogP contribution in [0.4, 0.5) is 0 Å². The Balaban J connectivity index is 2.33. The highest BCUT2D eigenvalue weighted by molar-refractivity contribution is 6.09. The van der Waals surface area contributed by atoms with Gasteiger partial charge in [-0.25, -0.2) is 0 Å². The summed E-state index contributed by atoms with van der Waals surface area (Å²) < 4.78 is 42.8. The fourth-order valence-corrected chi connectivity index (χ4v) is 2.97. The average Bonchev–Trinajstić information content (AvgIpc) is 2.83. The average molecular weight is 450 g/mol. The highest BCUT2D eigenvalue weighted by Gasteiger charge is 2.40. The van der Waals surface area contributed by atoms with Gasteiger partial charge in [-0.2, -0.15) is 0 Å². The van der Waals surface area contributed by atoms with E-state index in [1.165, 1.54) is 34.5 Å². The number of ketones is 1. The molecule has 0 heterocycles. The minimum absolute atomic E-state index is 0.0242. The molecule has 0 bridgehead atoms. The van der Waals surface area contributed by atoms with Crippen LogP contribution in [0.2, 0.25) is 0 Å². The second-order valence-electron chi connectivity index (χ2n) is 6.63. The van der Waals surface area contributed by atoms with Crippen molar-refractivity contribution in [2.24, 2.45) is 0 Å². The van der Waals surface area contributed by atoms with Gasteiger partial charge in [-0.05, 0) is 23.8 Å². The van der Waals surface area contributed by atoms with Crippen LogP contribution < -0.4 is 4.74 Å². The molecule has 2 rings (SSSR count). The summed E-state index contributed by atoms with van der Waals surface area (Å²) in [6.45, 7) is 0.0312. The zero-order chi connectivity index (χ0) is 23.4. The second-order valence-corrected chi connectivity index (χ2v) is 6.63. The van der Waals surface area contributed by atoms with Gasteiger partial charge in [0, 0.05) is 34.5 Å². The fraction of sp³-hybridized carbons (Fsp3) is 0.435. The third-order valence-corrected chi connectivity index (χ3v) is 4.50. The van der Waals surface area contributed by atoms with Gasteiger partial charge in [-0.15, -0.1) is 0 Å². The first kappa shape index (κ1) is 25.6.